The van der Waals surface area contributed by atoms with Gasteiger partial charge in [-0.1, -0.05) is 48.5 Å². The Morgan fingerprint density at radius 1 is 0.810 bits per heavy atom. The lowest BCUT2D eigenvalue weighted by Crippen LogP contribution is -2.51. The lowest BCUT2D eigenvalue weighted by Gasteiger charge is -2.49. The van der Waals surface area contributed by atoms with Gasteiger partial charge in [-0.2, -0.15) is 0 Å². The molecule has 21 heavy (non-hydrogen) atoms. The molecule has 0 saturated heterocycles. The van der Waals surface area contributed by atoms with E-state index in [1.54, 1.807) is 0 Å². The Kier molecular flexibility index (Phi) is 2.69. The zero-order valence-corrected chi connectivity index (χ0v) is 12.1. The molecule has 0 spiro atoms. The molecule has 3 aliphatic carbocycles. The summed E-state index contributed by atoms with van der Waals surface area (Å²) >= 11 is 0. The first-order chi connectivity index (χ1) is 10.00. The number of rotatable bonds is 1. The average molecular weight is 301 g/mol. The minimum Gasteiger partial charge on any atom is -0.326 e. The molecule has 2 aromatic carbocycles. The van der Waals surface area contributed by atoms with Gasteiger partial charge in [0.1, 0.15) is 0 Å². The maximum Gasteiger partial charge on any atom is 0.331 e. The van der Waals surface area contributed by atoms with Gasteiger partial charge < -0.3 is 15.5 Å². The summed E-state index contributed by atoms with van der Waals surface area (Å²) in [5.74, 6) is -0.460. The van der Waals surface area contributed by atoms with Crippen LogP contribution >= 0.6 is 7.60 Å². The van der Waals surface area contributed by atoms with Crippen molar-refractivity contribution in [3.8, 4) is 0 Å². The van der Waals surface area contributed by atoms with Crippen molar-refractivity contribution in [2.75, 3.05) is 0 Å². The number of fused-ring (bicyclic) bond motifs is 1. The highest BCUT2D eigenvalue weighted by Crippen LogP contribution is 2.62. The van der Waals surface area contributed by atoms with E-state index in [4.69, 9.17) is 5.73 Å². The van der Waals surface area contributed by atoms with Crippen molar-refractivity contribution in [1.29, 1.82) is 0 Å². The SMILES string of the molecule is NC1C2c3ccccc3C(c3ccccc32)C1P(=O)(O)O. The summed E-state index contributed by atoms with van der Waals surface area (Å²) in [6.45, 7) is 0. The van der Waals surface area contributed by atoms with Crippen molar-refractivity contribution in [3.63, 3.8) is 0 Å². The van der Waals surface area contributed by atoms with Crippen LogP contribution in [0.25, 0.3) is 0 Å². The predicted molar refractivity (Wildman–Crippen MR) is 80.4 cm³/mol. The molecule has 0 amide bonds. The van der Waals surface area contributed by atoms with Gasteiger partial charge in [-0.25, -0.2) is 0 Å². The van der Waals surface area contributed by atoms with E-state index in [-0.39, 0.29) is 11.8 Å². The molecule has 4 N–H and O–H groups in total. The van der Waals surface area contributed by atoms with E-state index in [9.17, 15) is 14.4 Å². The molecule has 4 nitrogen and oxygen atoms in total. The zero-order valence-electron chi connectivity index (χ0n) is 11.3. The monoisotopic (exact) mass is 301 g/mol. The van der Waals surface area contributed by atoms with Crippen molar-refractivity contribution in [2.24, 2.45) is 5.73 Å². The first-order valence-corrected chi connectivity index (χ1v) is 8.67. The fourth-order valence-corrected chi connectivity index (χ4v) is 5.44. The molecular weight excluding hydrogens is 285 g/mol. The Morgan fingerprint density at radius 3 is 1.57 bits per heavy atom. The molecule has 3 aliphatic rings. The van der Waals surface area contributed by atoms with E-state index in [1.165, 1.54) is 0 Å². The highest BCUT2D eigenvalue weighted by atomic mass is 31.2. The summed E-state index contributed by atoms with van der Waals surface area (Å²) in [6.07, 6.45) is 0. The third kappa shape index (κ3) is 1.71. The van der Waals surface area contributed by atoms with Crippen molar-refractivity contribution in [2.45, 2.75) is 23.5 Å². The highest BCUT2D eigenvalue weighted by molar-refractivity contribution is 7.52. The Morgan fingerprint density at radius 2 is 1.19 bits per heavy atom. The molecule has 0 radical (unpaired) electrons. The fraction of sp³-hybridized carbons (Fsp3) is 0.250. The molecule has 2 atom stereocenters. The van der Waals surface area contributed by atoms with Gasteiger partial charge in [0, 0.05) is 17.9 Å². The molecule has 0 saturated carbocycles. The van der Waals surface area contributed by atoms with Crippen LogP contribution in [-0.4, -0.2) is 21.5 Å². The first-order valence-electron chi connectivity index (χ1n) is 6.98. The largest absolute Gasteiger partial charge is 0.331 e. The smallest absolute Gasteiger partial charge is 0.326 e. The predicted octanol–water partition coefficient (Wildman–Crippen LogP) is 2.15. The maximum absolute atomic E-state index is 12.0. The molecule has 0 aliphatic heterocycles. The Hall–Kier alpha value is -1.45. The van der Waals surface area contributed by atoms with Crippen molar-refractivity contribution >= 4 is 7.60 Å². The molecule has 2 bridgehead atoms. The van der Waals surface area contributed by atoms with E-state index in [0.29, 0.717) is 0 Å². The average Bonchev–Trinajstić information content (AvgIpc) is 2.46. The summed E-state index contributed by atoms with van der Waals surface area (Å²) in [4.78, 5) is 19.6. The minimum absolute atomic E-state index is 0.139. The van der Waals surface area contributed by atoms with Crippen LogP contribution in [0, 0.1) is 0 Å². The second kappa shape index (κ2) is 4.28. The van der Waals surface area contributed by atoms with Crippen LogP contribution in [0.5, 0.6) is 0 Å². The van der Waals surface area contributed by atoms with Crippen LogP contribution in [0.2, 0.25) is 0 Å². The van der Waals surface area contributed by atoms with Crippen LogP contribution < -0.4 is 5.73 Å². The third-order valence-corrected chi connectivity index (χ3v) is 6.26. The molecule has 0 fully saturated rings. The van der Waals surface area contributed by atoms with Crippen molar-refractivity contribution in [3.05, 3.63) is 70.8 Å². The quantitative estimate of drug-likeness (QED) is 0.705. The minimum atomic E-state index is -4.28. The van der Waals surface area contributed by atoms with Crippen LogP contribution in [0.15, 0.2) is 48.5 Å². The van der Waals surface area contributed by atoms with E-state index in [2.05, 4.69) is 0 Å². The fourth-order valence-electron chi connectivity index (χ4n) is 4.11. The maximum atomic E-state index is 12.0. The van der Waals surface area contributed by atoms with E-state index in [0.717, 1.165) is 22.3 Å². The number of hydrogen-bond donors (Lipinski definition) is 3. The molecule has 5 heteroatoms. The van der Waals surface area contributed by atoms with Crippen molar-refractivity contribution in [1.82, 2.24) is 0 Å². The standard InChI is InChI=1S/C16H16NO3P/c17-15-13-9-5-1-3-7-11(9)14(16(15)21(18,19)20)12-8-4-2-6-10(12)13/h1-8,13-16H,17H2,(H2,18,19,20). The summed E-state index contributed by atoms with van der Waals surface area (Å²) in [6, 6.07) is 15.2. The van der Waals surface area contributed by atoms with Gasteiger partial charge in [-0.3, -0.25) is 4.57 Å². The molecule has 0 aromatic heterocycles. The molecule has 2 aromatic rings. The third-order valence-electron chi connectivity index (χ3n) is 4.84. The molecule has 108 valence electrons. The van der Waals surface area contributed by atoms with E-state index in [1.807, 2.05) is 48.5 Å². The van der Waals surface area contributed by atoms with E-state index < -0.39 is 19.3 Å². The Balaban J connectivity index is 2.05. The highest BCUT2D eigenvalue weighted by Gasteiger charge is 2.54. The van der Waals surface area contributed by atoms with Crippen LogP contribution in [0.4, 0.5) is 0 Å². The lowest BCUT2D eigenvalue weighted by molar-refractivity contribution is 0.321. The lowest BCUT2D eigenvalue weighted by atomic mass is 9.61. The summed E-state index contributed by atoms with van der Waals surface area (Å²) in [5.41, 5.74) is 9.69. The number of hydrogen-bond acceptors (Lipinski definition) is 2. The summed E-state index contributed by atoms with van der Waals surface area (Å²) < 4.78 is 12.0. The summed E-state index contributed by atoms with van der Waals surface area (Å²) in [5, 5.41) is 0. The van der Waals surface area contributed by atoms with Crippen LogP contribution in [-0.2, 0) is 4.57 Å². The van der Waals surface area contributed by atoms with Crippen LogP contribution in [0.3, 0.4) is 0 Å². The second-order valence-corrected chi connectivity index (χ2v) is 7.64. The summed E-state index contributed by atoms with van der Waals surface area (Å²) in [7, 11) is -4.28. The molecule has 2 unspecified atom stereocenters. The topological polar surface area (TPSA) is 83.6 Å². The Labute approximate surface area is 122 Å². The first kappa shape index (κ1) is 13.2. The van der Waals surface area contributed by atoms with Gasteiger partial charge in [-0.05, 0) is 22.3 Å². The van der Waals surface area contributed by atoms with E-state index >= 15 is 0 Å². The zero-order chi connectivity index (χ0) is 14.8. The number of benzene rings is 2. The van der Waals surface area contributed by atoms with Gasteiger partial charge in [-0.15, -0.1) is 0 Å². The van der Waals surface area contributed by atoms with Gasteiger partial charge in [0.15, 0.2) is 0 Å². The molecule has 0 heterocycles. The van der Waals surface area contributed by atoms with Gasteiger partial charge in [0.25, 0.3) is 0 Å². The van der Waals surface area contributed by atoms with Crippen LogP contribution in [0.1, 0.15) is 34.1 Å². The second-order valence-electron chi connectivity index (χ2n) is 5.87. The van der Waals surface area contributed by atoms with Gasteiger partial charge in [0.05, 0.1) is 5.66 Å². The van der Waals surface area contributed by atoms with Gasteiger partial charge >= 0.3 is 7.60 Å². The number of nitrogens with two attached hydrogens (primary N) is 1. The molecular formula is C16H16NO3P. The molecule has 5 rings (SSSR count). The Bertz CT molecular complexity index is 722. The normalized spacial score (nSPS) is 29.9. The van der Waals surface area contributed by atoms with Gasteiger partial charge in [0.2, 0.25) is 0 Å². The van der Waals surface area contributed by atoms with Crippen molar-refractivity contribution < 1.29 is 14.4 Å².